The van der Waals surface area contributed by atoms with Crippen molar-refractivity contribution in [2.75, 3.05) is 13.2 Å². The minimum Gasteiger partial charge on any atom is -0.494 e. The Labute approximate surface area is 176 Å². The van der Waals surface area contributed by atoms with Crippen LogP contribution in [-0.4, -0.2) is 52.4 Å². The molecule has 0 saturated carbocycles. The Morgan fingerprint density at radius 3 is 2.53 bits per heavy atom. The third kappa shape index (κ3) is 3.25. The van der Waals surface area contributed by atoms with Crippen LogP contribution in [0.4, 0.5) is 0 Å². The van der Waals surface area contributed by atoms with E-state index in [4.69, 9.17) is 14.2 Å². The Bertz CT molecular complexity index is 926. The number of aliphatic hydroxyl groups is 3. The molecule has 2 bridgehead atoms. The van der Waals surface area contributed by atoms with Gasteiger partial charge in [0.1, 0.15) is 29.7 Å². The van der Waals surface area contributed by atoms with Gasteiger partial charge in [0.2, 0.25) is 5.79 Å². The molecule has 2 aromatic carbocycles. The highest BCUT2D eigenvalue weighted by Crippen LogP contribution is 2.50. The monoisotopic (exact) mass is 412 g/mol. The second-order valence-electron chi connectivity index (χ2n) is 7.99. The Morgan fingerprint density at radius 2 is 1.87 bits per heavy atom. The van der Waals surface area contributed by atoms with E-state index in [1.165, 1.54) is 6.08 Å². The normalized spacial score (nSPS) is 32.8. The second-order valence-corrected chi connectivity index (χ2v) is 7.99. The van der Waals surface area contributed by atoms with E-state index in [0.29, 0.717) is 18.6 Å². The summed E-state index contributed by atoms with van der Waals surface area (Å²) < 4.78 is 17.5. The van der Waals surface area contributed by atoms with E-state index in [0.717, 1.165) is 22.4 Å². The fourth-order valence-corrected chi connectivity index (χ4v) is 4.24. The zero-order chi connectivity index (χ0) is 21.5. The van der Waals surface area contributed by atoms with E-state index in [-0.39, 0.29) is 6.61 Å². The van der Waals surface area contributed by atoms with Crippen molar-refractivity contribution < 1.29 is 29.5 Å². The van der Waals surface area contributed by atoms with Crippen LogP contribution in [0.2, 0.25) is 0 Å². The molecule has 2 saturated heterocycles. The summed E-state index contributed by atoms with van der Waals surface area (Å²) >= 11 is 0. The first-order valence-corrected chi connectivity index (χ1v) is 10.2. The Kier molecular flexibility index (Phi) is 5.46. The number of ether oxygens (including phenoxy) is 3. The topological polar surface area (TPSA) is 88.4 Å². The Balaban J connectivity index is 1.67. The highest BCUT2D eigenvalue weighted by molar-refractivity contribution is 5.40. The molecule has 2 heterocycles. The smallest absolute Gasteiger partial charge is 0.225 e. The standard InChI is InChI=1S/C24H28O6/c1-4-23-14-29-24(30-23,22(27)20(25)21(23)26)18-9-6-15(3)17(13-18)12-16-7-10-19(11-8-16)28-5-2/h4,6-11,13,20-22,25-27H,1,5,12,14H2,2-3H3. The van der Waals surface area contributed by atoms with E-state index in [9.17, 15) is 15.3 Å². The van der Waals surface area contributed by atoms with E-state index < -0.39 is 29.7 Å². The fraction of sp³-hybridized carbons (Fsp3) is 0.417. The molecule has 6 heteroatoms. The Morgan fingerprint density at radius 1 is 1.13 bits per heavy atom. The maximum Gasteiger partial charge on any atom is 0.225 e. The number of aryl methyl sites for hydroxylation is 1. The average Bonchev–Trinajstić information content (AvgIpc) is 3.14. The molecule has 5 atom stereocenters. The van der Waals surface area contributed by atoms with Crippen molar-refractivity contribution >= 4 is 0 Å². The van der Waals surface area contributed by atoms with Gasteiger partial charge in [-0.3, -0.25) is 0 Å². The van der Waals surface area contributed by atoms with Crippen LogP contribution >= 0.6 is 0 Å². The number of rotatable bonds is 6. The van der Waals surface area contributed by atoms with E-state index >= 15 is 0 Å². The minimum absolute atomic E-state index is 0.00606. The molecule has 2 fully saturated rings. The molecular weight excluding hydrogens is 384 g/mol. The maximum absolute atomic E-state index is 10.8. The van der Waals surface area contributed by atoms with Gasteiger partial charge in [-0.2, -0.15) is 0 Å². The van der Waals surface area contributed by atoms with E-state index in [2.05, 4.69) is 6.58 Å². The van der Waals surface area contributed by atoms with E-state index in [1.807, 2.05) is 56.3 Å². The van der Waals surface area contributed by atoms with Gasteiger partial charge in [0.15, 0.2) is 0 Å². The molecule has 5 unspecified atom stereocenters. The summed E-state index contributed by atoms with van der Waals surface area (Å²) in [6, 6.07) is 13.6. The largest absolute Gasteiger partial charge is 0.494 e. The van der Waals surface area contributed by atoms with Gasteiger partial charge in [0.05, 0.1) is 13.2 Å². The molecule has 160 valence electrons. The number of hydrogen-bond donors (Lipinski definition) is 3. The van der Waals surface area contributed by atoms with Crippen LogP contribution in [0.25, 0.3) is 0 Å². The predicted octanol–water partition coefficient (Wildman–Crippen LogP) is 2.21. The van der Waals surface area contributed by atoms with Crippen LogP contribution < -0.4 is 4.74 Å². The highest BCUT2D eigenvalue weighted by Gasteiger charge is 2.66. The third-order valence-electron chi connectivity index (χ3n) is 6.12. The zero-order valence-electron chi connectivity index (χ0n) is 17.2. The Hall–Kier alpha value is -2.22. The van der Waals surface area contributed by atoms with Crippen molar-refractivity contribution in [1.29, 1.82) is 0 Å². The van der Waals surface area contributed by atoms with Gasteiger partial charge in [-0.15, -0.1) is 6.58 Å². The summed E-state index contributed by atoms with van der Waals surface area (Å²) in [5, 5.41) is 31.6. The molecule has 0 aliphatic carbocycles. The fourth-order valence-electron chi connectivity index (χ4n) is 4.24. The predicted molar refractivity (Wildman–Crippen MR) is 111 cm³/mol. The zero-order valence-corrected chi connectivity index (χ0v) is 17.2. The van der Waals surface area contributed by atoms with Gasteiger partial charge >= 0.3 is 0 Å². The summed E-state index contributed by atoms with van der Waals surface area (Å²) in [4.78, 5) is 0. The molecular formula is C24H28O6. The molecule has 30 heavy (non-hydrogen) atoms. The molecule has 4 rings (SSSR count). The lowest BCUT2D eigenvalue weighted by molar-refractivity contribution is -0.316. The quantitative estimate of drug-likeness (QED) is 0.631. The van der Waals surface area contributed by atoms with Crippen LogP contribution in [0.3, 0.4) is 0 Å². The van der Waals surface area contributed by atoms with Gasteiger partial charge in [-0.25, -0.2) is 0 Å². The van der Waals surface area contributed by atoms with Crippen molar-refractivity contribution in [2.45, 2.75) is 50.0 Å². The van der Waals surface area contributed by atoms with Gasteiger partial charge in [-0.1, -0.05) is 30.3 Å². The highest BCUT2D eigenvalue weighted by atomic mass is 16.8. The first-order valence-electron chi connectivity index (χ1n) is 10.2. The van der Waals surface area contributed by atoms with Crippen LogP contribution in [0.1, 0.15) is 29.2 Å². The molecule has 0 radical (unpaired) electrons. The lowest BCUT2D eigenvalue weighted by Crippen LogP contribution is -2.63. The molecule has 6 nitrogen and oxygen atoms in total. The summed E-state index contributed by atoms with van der Waals surface area (Å²) in [5.74, 6) is -0.731. The van der Waals surface area contributed by atoms with Crippen molar-refractivity contribution in [2.24, 2.45) is 0 Å². The van der Waals surface area contributed by atoms with Crippen molar-refractivity contribution in [3.63, 3.8) is 0 Å². The third-order valence-corrected chi connectivity index (χ3v) is 6.12. The first kappa shape index (κ1) is 21.0. The molecule has 2 aliphatic rings. The van der Waals surface area contributed by atoms with Gasteiger partial charge in [0.25, 0.3) is 0 Å². The van der Waals surface area contributed by atoms with Crippen LogP contribution in [-0.2, 0) is 21.7 Å². The van der Waals surface area contributed by atoms with Crippen LogP contribution in [0.5, 0.6) is 5.75 Å². The molecule has 3 N–H and O–H groups in total. The first-order chi connectivity index (χ1) is 14.3. The lowest BCUT2D eigenvalue weighted by atomic mass is 9.83. The van der Waals surface area contributed by atoms with Crippen molar-refractivity contribution in [1.82, 2.24) is 0 Å². The van der Waals surface area contributed by atoms with Crippen LogP contribution in [0.15, 0.2) is 55.1 Å². The van der Waals surface area contributed by atoms with E-state index in [1.54, 1.807) is 0 Å². The minimum atomic E-state index is -1.56. The summed E-state index contributed by atoms with van der Waals surface area (Å²) in [6.45, 7) is 8.31. The summed E-state index contributed by atoms with van der Waals surface area (Å²) in [6.07, 6.45) is -2.08. The second kappa shape index (κ2) is 7.80. The van der Waals surface area contributed by atoms with Crippen molar-refractivity contribution in [3.8, 4) is 5.75 Å². The summed E-state index contributed by atoms with van der Waals surface area (Å²) in [5.41, 5.74) is 2.57. The lowest BCUT2D eigenvalue weighted by Gasteiger charge is -2.45. The number of benzene rings is 2. The molecule has 0 amide bonds. The van der Waals surface area contributed by atoms with Crippen LogP contribution in [0, 0.1) is 6.92 Å². The molecule has 2 aliphatic heterocycles. The maximum atomic E-state index is 10.8. The molecule has 2 aromatic rings. The molecule has 0 spiro atoms. The number of fused-ring (bicyclic) bond motifs is 2. The average molecular weight is 412 g/mol. The number of aliphatic hydroxyl groups excluding tert-OH is 3. The number of hydrogen-bond acceptors (Lipinski definition) is 6. The van der Waals surface area contributed by atoms with Gasteiger partial charge in [-0.05, 0) is 55.2 Å². The SMILES string of the molecule is C=CC12COC(c3ccc(C)c(Cc4ccc(OCC)cc4)c3)(O1)C(O)C(O)C2O. The molecule has 0 aromatic heterocycles. The summed E-state index contributed by atoms with van der Waals surface area (Å²) in [7, 11) is 0. The van der Waals surface area contributed by atoms with Gasteiger partial charge < -0.3 is 29.5 Å². The van der Waals surface area contributed by atoms with Gasteiger partial charge in [0, 0.05) is 5.56 Å². The van der Waals surface area contributed by atoms with Crippen molar-refractivity contribution in [3.05, 3.63) is 77.4 Å².